The molecule has 9 heteroatoms. The number of methoxy groups -OCH3 is 1. The van der Waals surface area contributed by atoms with E-state index in [4.69, 9.17) is 19.4 Å². The SMILES string of the molecule is COc1cc2c(Oc3ccc(CC(=O)c4nc(-c5ccccc5)c5c(n4)C4CCN5CC4)nc3)ccnc2cc1O. The van der Waals surface area contributed by atoms with E-state index in [1.807, 2.05) is 30.3 Å². The van der Waals surface area contributed by atoms with Gasteiger partial charge in [0.15, 0.2) is 17.3 Å². The van der Waals surface area contributed by atoms with Crippen LogP contribution in [0, 0.1) is 0 Å². The van der Waals surface area contributed by atoms with Crippen molar-refractivity contribution in [1.82, 2.24) is 19.9 Å². The van der Waals surface area contributed by atoms with Crippen molar-refractivity contribution in [2.24, 2.45) is 0 Å². The summed E-state index contributed by atoms with van der Waals surface area (Å²) in [7, 11) is 1.49. The molecule has 0 aliphatic carbocycles. The third-order valence-corrected chi connectivity index (χ3v) is 7.77. The first-order chi connectivity index (χ1) is 20.1. The largest absolute Gasteiger partial charge is 0.504 e. The second kappa shape index (κ2) is 10.2. The van der Waals surface area contributed by atoms with Crippen molar-refractivity contribution in [3.8, 4) is 34.3 Å². The maximum atomic E-state index is 13.5. The van der Waals surface area contributed by atoms with Gasteiger partial charge >= 0.3 is 0 Å². The highest BCUT2D eigenvalue weighted by atomic mass is 16.5. The summed E-state index contributed by atoms with van der Waals surface area (Å²) in [5.74, 6) is 1.79. The number of aromatic hydroxyl groups is 1. The van der Waals surface area contributed by atoms with Crippen LogP contribution in [0.15, 0.2) is 73.1 Å². The zero-order valence-corrected chi connectivity index (χ0v) is 22.4. The molecule has 41 heavy (non-hydrogen) atoms. The quantitative estimate of drug-likeness (QED) is 0.257. The fraction of sp³-hybridized carbons (Fsp3) is 0.219. The number of Topliss-reactive ketones (excluding diaryl/α,β-unsaturated/α-hetero) is 1. The van der Waals surface area contributed by atoms with Gasteiger partial charge in [-0.15, -0.1) is 0 Å². The van der Waals surface area contributed by atoms with Gasteiger partial charge < -0.3 is 19.5 Å². The molecule has 5 aromatic rings. The summed E-state index contributed by atoms with van der Waals surface area (Å²) < 4.78 is 11.3. The van der Waals surface area contributed by atoms with Crippen LogP contribution in [0.3, 0.4) is 0 Å². The summed E-state index contributed by atoms with van der Waals surface area (Å²) in [6.07, 6.45) is 5.37. The Labute approximate surface area is 236 Å². The molecule has 204 valence electrons. The van der Waals surface area contributed by atoms with Crippen LogP contribution in [0.1, 0.15) is 40.8 Å². The van der Waals surface area contributed by atoms with Gasteiger partial charge in [-0.3, -0.25) is 14.8 Å². The topological polar surface area (TPSA) is 111 Å². The Morgan fingerprint density at radius 1 is 1.00 bits per heavy atom. The lowest BCUT2D eigenvalue weighted by atomic mass is 9.85. The summed E-state index contributed by atoms with van der Waals surface area (Å²) in [4.78, 5) is 34.2. The lowest BCUT2D eigenvalue weighted by Crippen LogP contribution is -2.40. The predicted octanol–water partition coefficient (Wildman–Crippen LogP) is 5.72. The van der Waals surface area contributed by atoms with Gasteiger partial charge in [0, 0.05) is 47.9 Å². The second-order valence-electron chi connectivity index (χ2n) is 10.3. The Kier molecular flexibility index (Phi) is 6.19. The van der Waals surface area contributed by atoms with Gasteiger partial charge in [0.1, 0.15) is 11.5 Å². The van der Waals surface area contributed by atoms with Crippen LogP contribution in [0.5, 0.6) is 23.0 Å². The van der Waals surface area contributed by atoms with Crippen molar-refractivity contribution in [3.63, 3.8) is 0 Å². The molecular weight excluding hydrogens is 518 g/mol. The standard InChI is InChI=1S/C32H27N5O4/c1-40-28-16-23-24(17-25(28)38)33-12-9-27(23)41-22-8-7-21(34-18-22)15-26(39)32-35-29(19-5-3-2-4-6-19)31-30(36-32)20-10-13-37(31)14-11-20/h2-9,12,16-18,20,38H,10-11,13-15H2,1H3. The number of phenolic OH excluding ortho intramolecular Hbond substituents is 1. The molecule has 1 saturated heterocycles. The number of nitrogens with zero attached hydrogens (tertiary/aromatic N) is 5. The molecule has 1 fully saturated rings. The third kappa shape index (κ3) is 4.59. The number of carbonyl (C=O) groups is 1. The minimum absolute atomic E-state index is 0.00384. The molecule has 3 aliphatic rings. The van der Waals surface area contributed by atoms with E-state index in [0.29, 0.717) is 39.8 Å². The van der Waals surface area contributed by atoms with Gasteiger partial charge in [0.05, 0.1) is 42.3 Å². The second-order valence-corrected chi connectivity index (χ2v) is 10.3. The van der Waals surface area contributed by atoms with E-state index in [1.165, 1.54) is 13.2 Å². The van der Waals surface area contributed by atoms with E-state index >= 15 is 0 Å². The molecule has 0 radical (unpaired) electrons. The highest BCUT2D eigenvalue weighted by molar-refractivity contribution is 5.95. The average molecular weight is 546 g/mol. The van der Waals surface area contributed by atoms with Crippen LogP contribution in [0.25, 0.3) is 22.2 Å². The number of phenols is 1. The van der Waals surface area contributed by atoms with Crippen LogP contribution < -0.4 is 14.4 Å². The van der Waals surface area contributed by atoms with Crippen molar-refractivity contribution < 1.29 is 19.4 Å². The Morgan fingerprint density at radius 3 is 2.59 bits per heavy atom. The summed E-state index contributed by atoms with van der Waals surface area (Å²) in [5.41, 5.74) is 5.05. The molecule has 2 aromatic carbocycles. The van der Waals surface area contributed by atoms with Crippen molar-refractivity contribution >= 4 is 22.4 Å². The minimum atomic E-state index is -0.172. The van der Waals surface area contributed by atoms with E-state index in [-0.39, 0.29) is 23.8 Å². The van der Waals surface area contributed by atoms with Gasteiger partial charge in [0.2, 0.25) is 5.78 Å². The Morgan fingerprint density at radius 2 is 1.83 bits per heavy atom. The molecule has 0 atom stereocenters. The summed E-state index contributed by atoms with van der Waals surface area (Å²) in [5, 5.41) is 10.8. The number of hydrogen-bond donors (Lipinski definition) is 1. The van der Waals surface area contributed by atoms with Crippen LogP contribution in [0.2, 0.25) is 0 Å². The van der Waals surface area contributed by atoms with Crippen molar-refractivity contribution in [2.75, 3.05) is 25.1 Å². The first-order valence-electron chi connectivity index (χ1n) is 13.6. The molecular formula is C32H27N5O4. The zero-order valence-electron chi connectivity index (χ0n) is 22.4. The molecule has 0 unspecified atom stereocenters. The van der Waals surface area contributed by atoms with Crippen LogP contribution >= 0.6 is 0 Å². The molecule has 2 bridgehead atoms. The number of pyridine rings is 2. The number of carbonyl (C=O) groups excluding carboxylic acids is 1. The predicted molar refractivity (Wildman–Crippen MR) is 154 cm³/mol. The van der Waals surface area contributed by atoms with Gasteiger partial charge in [0.25, 0.3) is 0 Å². The van der Waals surface area contributed by atoms with Gasteiger partial charge in [-0.25, -0.2) is 9.97 Å². The van der Waals surface area contributed by atoms with Crippen LogP contribution in [-0.4, -0.2) is 51.0 Å². The maximum absolute atomic E-state index is 13.5. The molecule has 6 heterocycles. The molecule has 0 saturated carbocycles. The lowest BCUT2D eigenvalue weighted by Gasteiger charge is -2.42. The Balaban J connectivity index is 1.14. The van der Waals surface area contributed by atoms with E-state index in [9.17, 15) is 9.90 Å². The number of piperidine rings is 1. The number of benzene rings is 2. The average Bonchev–Trinajstić information content (AvgIpc) is 3.02. The zero-order chi connectivity index (χ0) is 27.9. The highest BCUT2D eigenvalue weighted by Crippen LogP contribution is 2.45. The van der Waals surface area contributed by atoms with Gasteiger partial charge in [-0.05, 0) is 37.1 Å². The molecule has 0 spiro atoms. The number of rotatable bonds is 7. The first-order valence-corrected chi connectivity index (χ1v) is 13.6. The van der Waals surface area contributed by atoms with E-state index in [2.05, 4.69) is 14.9 Å². The molecule has 9 nitrogen and oxygen atoms in total. The number of fused-ring (bicyclic) bond motifs is 3. The highest BCUT2D eigenvalue weighted by Gasteiger charge is 2.36. The molecule has 3 aromatic heterocycles. The number of anilines is 1. The molecule has 0 amide bonds. The fourth-order valence-corrected chi connectivity index (χ4v) is 5.70. The van der Waals surface area contributed by atoms with E-state index in [1.54, 1.807) is 36.7 Å². The summed E-state index contributed by atoms with van der Waals surface area (Å²) in [6, 6.07) is 18.5. The van der Waals surface area contributed by atoms with Crippen molar-refractivity contribution in [3.05, 3.63) is 90.3 Å². The fourth-order valence-electron chi connectivity index (χ4n) is 5.70. The molecule has 8 rings (SSSR count). The third-order valence-electron chi connectivity index (χ3n) is 7.77. The molecule has 3 aliphatic heterocycles. The summed E-state index contributed by atoms with van der Waals surface area (Å²) >= 11 is 0. The van der Waals surface area contributed by atoms with Crippen LogP contribution in [0.4, 0.5) is 5.69 Å². The monoisotopic (exact) mass is 545 g/mol. The van der Waals surface area contributed by atoms with Crippen LogP contribution in [-0.2, 0) is 6.42 Å². The van der Waals surface area contributed by atoms with E-state index in [0.717, 1.165) is 48.6 Å². The van der Waals surface area contributed by atoms with Gasteiger partial charge in [-0.1, -0.05) is 30.3 Å². The smallest absolute Gasteiger partial charge is 0.205 e. The summed E-state index contributed by atoms with van der Waals surface area (Å²) in [6.45, 7) is 2.00. The maximum Gasteiger partial charge on any atom is 0.205 e. The lowest BCUT2D eigenvalue weighted by molar-refractivity contribution is 0.0981. The van der Waals surface area contributed by atoms with Crippen molar-refractivity contribution in [2.45, 2.75) is 25.2 Å². The number of aromatic nitrogens is 4. The van der Waals surface area contributed by atoms with Gasteiger partial charge in [-0.2, -0.15) is 0 Å². The number of hydrogen-bond acceptors (Lipinski definition) is 9. The molecule has 1 N–H and O–H groups in total. The van der Waals surface area contributed by atoms with E-state index < -0.39 is 0 Å². The Bertz CT molecular complexity index is 1770. The number of ether oxygens (including phenoxy) is 2. The van der Waals surface area contributed by atoms with Crippen molar-refractivity contribution in [1.29, 1.82) is 0 Å². The normalized spacial score (nSPS) is 14.2. The Hall–Kier alpha value is -5.05. The minimum Gasteiger partial charge on any atom is -0.504 e. The first kappa shape index (κ1) is 25.0. The number of ketones is 1.